The summed E-state index contributed by atoms with van der Waals surface area (Å²) in [7, 11) is -2.56. The van der Waals surface area contributed by atoms with E-state index in [9.17, 15) is 12.8 Å². The number of nitrogens with zero attached hydrogens (tertiary/aromatic N) is 1. The van der Waals surface area contributed by atoms with Crippen molar-refractivity contribution in [2.24, 2.45) is 0 Å². The second-order valence-corrected chi connectivity index (χ2v) is 7.59. The summed E-state index contributed by atoms with van der Waals surface area (Å²) in [6, 6.07) is 6.83. The molecule has 1 saturated heterocycles. The Bertz CT molecular complexity index is 820. The average Bonchev–Trinajstić information content (AvgIpc) is 3.17. The van der Waals surface area contributed by atoms with Crippen LogP contribution in [0.2, 0.25) is 0 Å². The number of furan rings is 1. The summed E-state index contributed by atoms with van der Waals surface area (Å²) in [5.41, 5.74) is 0. The maximum absolute atomic E-state index is 13.8. The molecule has 0 radical (unpaired) electrons. The summed E-state index contributed by atoms with van der Waals surface area (Å²) >= 11 is 0. The molecule has 0 saturated carbocycles. The first-order valence-corrected chi connectivity index (χ1v) is 9.68. The summed E-state index contributed by atoms with van der Waals surface area (Å²) in [4.78, 5) is 1.94. The van der Waals surface area contributed by atoms with E-state index in [0.717, 1.165) is 6.07 Å². The number of hydrogen-bond donors (Lipinski definition) is 1. The second-order valence-electron chi connectivity index (χ2n) is 5.83. The fraction of sp³-hybridized carbons (Fsp3) is 0.412. The van der Waals surface area contributed by atoms with Crippen LogP contribution < -0.4 is 9.46 Å². The quantitative estimate of drug-likeness (QED) is 0.784. The van der Waals surface area contributed by atoms with Crippen molar-refractivity contribution >= 4 is 10.0 Å². The highest BCUT2D eigenvalue weighted by Gasteiger charge is 2.27. The number of morpholine rings is 1. The van der Waals surface area contributed by atoms with Gasteiger partial charge in [-0.15, -0.1) is 0 Å². The van der Waals surface area contributed by atoms with Gasteiger partial charge >= 0.3 is 0 Å². The molecule has 1 atom stereocenters. The third kappa shape index (κ3) is 4.24. The molecule has 0 aliphatic carbocycles. The van der Waals surface area contributed by atoms with E-state index in [0.29, 0.717) is 32.1 Å². The molecule has 26 heavy (non-hydrogen) atoms. The molecule has 3 rings (SSSR count). The number of benzene rings is 1. The fourth-order valence-corrected chi connectivity index (χ4v) is 3.92. The van der Waals surface area contributed by atoms with Crippen LogP contribution in [0, 0.1) is 5.82 Å². The maximum Gasteiger partial charge on any atom is 0.240 e. The molecule has 1 aromatic carbocycles. The number of nitrogens with one attached hydrogen (secondary N) is 1. The third-order valence-corrected chi connectivity index (χ3v) is 5.68. The van der Waals surface area contributed by atoms with Crippen molar-refractivity contribution in [3.63, 3.8) is 0 Å². The van der Waals surface area contributed by atoms with Gasteiger partial charge in [0.2, 0.25) is 10.0 Å². The van der Waals surface area contributed by atoms with E-state index in [2.05, 4.69) is 9.62 Å². The van der Waals surface area contributed by atoms with Crippen molar-refractivity contribution in [1.29, 1.82) is 0 Å². The Balaban J connectivity index is 1.76. The van der Waals surface area contributed by atoms with Gasteiger partial charge in [0, 0.05) is 19.6 Å². The van der Waals surface area contributed by atoms with Crippen LogP contribution in [0.25, 0.3) is 0 Å². The molecule has 9 heteroatoms. The van der Waals surface area contributed by atoms with E-state index >= 15 is 0 Å². The van der Waals surface area contributed by atoms with Crippen LogP contribution in [-0.4, -0.2) is 53.3 Å². The zero-order chi connectivity index (χ0) is 18.6. The summed E-state index contributed by atoms with van der Waals surface area (Å²) < 4.78 is 57.1. The van der Waals surface area contributed by atoms with Crippen LogP contribution in [0.15, 0.2) is 45.9 Å². The third-order valence-electron chi connectivity index (χ3n) is 4.26. The molecule has 0 bridgehead atoms. The molecule has 1 unspecified atom stereocenters. The lowest BCUT2D eigenvalue weighted by Gasteiger charge is -2.33. The molecule has 1 N–H and O–H groups in total. The number of halogens is 1. The molecule has 2 aromatic rings. The van der Waals surface area contributed by atoms with Crippen LogP contribution in [0.1, 0.15) is 11.8 Å². The van der Waals surface area contributed by atoms with Gasteiger partial charge in [0.05, 0.1) is 37.5 Å². The molecule has 1 aliphatic heterocycles. The lowest BCUT2D eigenvalue weighted by molar-refractivity contribution is 0.0128. The Labute approximate surface area is 151 Å². The standard InChI is InChI=1S/C17H21FN2O5S/c1-23-16-5-4-13(11-14(16)18)26(21,22)19-12-15(17-3-2-8-25-17)20-6-9-24-10-7-20/h2-5,8,11,15,19H,6-7,9-10,12H2,1H3. The minimum Gasteiger partial charge on any atom is -0.494 e. The van der Waals surface area contributed by atoms with Crippen molar-refractivity contribution in [3.8, 4) is 5.75 Å². The lowest BCUT2D eigenvalue weighted by Crippen LogP contribution is -2.43. The summed E-state index contributed by atoms with van der Waals surface area (Å²) in [5, 5.41) is 0. The van der Waals surface area contributed by atoms with Gasteiger partial charge in [-0.05, 0) is 30.3 Å². The molecule has 1 fully saturated rings. The van der Waals surface area contributed by atoms with Gasteiger partial charge in [0.15, 0.2) is 11.6 Å². The van der Waals surface area contributed by atoms with Crippen LogP contribution in [0.5, 0.6) is 5.75 Å². The first kappa shape index (κ1) is 18.8. The average molecular weight is 384 g/mol. The fourth-order valence-electron chi connectivity index (χ4n) is 2.87. The van der Waals surface area contributed by atoms with Crippen LogP contribution in [0.4, 0.5) is 4.39 Å². The van der Waals surface area contributed by atoms with Gasteiger partial charge in [0.1, 0.15) is 5.76 Å². The van der Waals surface area contributed by atoms with Crippen molar-refractivity contribution in [2.75, 3.05) is 40.0 Å². The Kier molecular flexibility index (Phi) is 5.92. The van der Waals surface area contributed by atoms with Gasteiger partial charge in [-0.25, -0.2) is 17.5 Å². The lowest BCUT2D eigenvalue weighted by atomic mass is 10.2. The number of methoxy groups -OCH3 is 1. The minimum absolute atomic E-state index is 0.00858. The highest BCUT2D eigenvalue weighted by molar-refractivity contribution is 7.89. The molecule has 142 valence electrons. The molecule has 0 amide bonds. The highest BCUT2D eigenvalue weighted by Crippen LogP contribution is 2.24. The van der Waals surface area contributed by atoms with Gasteiger partial charge in [0.25, 0.3) is 0 Å². The van der Waals surface area contributed by atoms with Crippen LogP contribution in [-0.2, 0) is 14.8 Å². The SMILES string of the molecule is COc1ccc(S(=O)(=O)NCC(c2ccco2)N2CCOCC2)cc1F. The smallest absolute Gasteiger partial charge is 0.240 e. The maximum atomic E-state index is 13.8. The largest absolute Gasteiger partial charge is 0.494 e. The Hall–Kier alpha value is -1.94. The molecule has 2 heterocycles. The van der Waals surface area contributed by atoms with Crippen molar-refractivity contribution < 1.29 is 26.7 Å². The molecule has 1 aliphatic rings. The van der Waals surface area contributed by atoms with E-state index in [4.69, 9.17) is 13.9 Å². The first-order chi connectivity index (χ1) is 12.5. The molecule has 1 aromatic heterocycles. The zero-order valence-electron chi connectivity index (χ0n) is 14.4. The first-order valence-electron chi connectivity index (χ1n) is 8.19. The van der Waals surface area contributed by atoms with Gasteiger partial charge in [-0.1, -0.05) is 0 Å². The normalized spacial score (nSPS) is 17.2. The summed E-state index contributed by atoms with van der Waals surface area (Å²) in [6.07, 6.45) is 1.55. The Morgan fingerprint density at radius 3 is 2.69 bits per heavy atom. The van der Waals surface area contributed by atoms with E-state index in [1.165, 1.54) is 19.2 Å². The van der Waals surface area contributed by atoms with Crippen molar-refractivity contribution in [3.05, 3.63) is 48.2 Å². The topological polar surface area (TPSA) is 81.0 Å². The highest BCUT2D eigenvalue weighted by atomic mass is 32.2. The number of sulfonamides is 1. The molecular weight excluding hydrogens is 363 g/mol. The Morgan fingerprint density at radius 2 is 2.08 bits per heavy atom. The Morgan fingerprint density at radius 1 is 1.31 bits per heavy atom. The number of hydrogen-bond acceptors (Lipinski definition) is 6. The predicted molar refractivity (Wildman–Crippen MR) is 92.0 cm³/mol. The van der Waals surface area contributed by atoms with Gasteiger partial charge in [-0.3, -0.25) is 4.90 Å². The number of ether oxygens (including phenoxy) is 2. The van der Waals surface area contributed by atoms with Crippen molar-refractivity contribution in [1.82, 2.24) is 9.62 Å². The second kappa shape index (κ2) is 8.17. The number of rotatable bonds is 7. The van der Waals surface area contributed by atoms with E-state index in [1.807, 2.05) is 6.07 Å². The van der Waals surface area contributed by atoms with E-state index < -0.39 is 15.8 Å². The monoisotopic (exact) mass is 384 g/mol. The summed E-state index contributed by atoms with van der Waals surface area (Å²) in [6.45, 7) is 2.60. The van der Waals surface area contributed by atoms with Crippen molar-refractivity contribution in [2.45, 2.75) is 10.9 Å². The van der Waals surface area contributed by atoms with Crippen LogP contribution in [0.3, 0.4) is 0 Å². The van der Waals surface area contributed by atoms with Crippen LogP contribution >= 0.6 is 0 Å². The zero-order valence-corrected chi connectivity index (χ0v) is 15.2. The molecule has 0 spiro atoms. The summed E-state index contributed by atoms with van der Waals surface area (Å²) in [5.74, 6) is -0.0765. The van der Waals surface area contributed by atoms with Gasteiger partial charge in [-0.2, -0.15) is 0 Å². The van der Waals surface area contributed by atoms with Gasteiger partial charge < -0.3 is 13.9 Å². The van der Waals surface area contributed by atoms with E-state index in [-0.39, 0.29) is 23.2 Å². The molecule has 7 nitrogen and oxygen atoms in total. The molecular formula is C17H21FN2O5S. The van der Waals surface area contributed by atoms with E-state index in [1.54, 1.807) is 12.3 Å². The minimum atomic E-state index is -3.88. The predicted octanol–water partition coefficient (Wildman–Crippen LogP) is 1.78.